The second kappa shape index (κ2) is 10.9. The first kappa shape index (κ1) is 22.8. The van der Waals surface area contributed by atoms with Crippen LogP contribution in [-0.2, 0) is 0 Å². The number of alkyl halides is 4. The fourth-order valence-corrected chi connectivity index (χ4v) is 3.19. The number of nitrogens with zero attached hydrogens (tertiary/aromatic N) is 8. The molecular formula is C17H22F4N8+2. The Morgan fingerprint density at radius 3 is 1.97 bits per heavy atom. The first-order valence-electron chi connectivity index (χ1n) is 9.08. The number of rotatable bonds is 4. The summed E-state index contributed by atoms with van der Waals surface area (Å²) in [5.41, 5.74) is 0. The lowest BCUT2D eigenvalue weighted by atomic mass is 10.1. The summed E-state index contributed by atoms with van der Waals surface area (Å²) in [4.78, 5) is 13.1. The van der Waals surface area contributed by atoms with Crippen LogP contribution in [0.5, 0.6) is 0 Å². The number of nitriles is 2. The van der Waals surface area contributed by atoms with Crippen LogP contribution in [0.4, 0.5) is 17.6 Å². The maximum Gasteiger partial charge on any atom is 0.405 e. The molecule has 156 valence electrons. The highest BCUT2D eigenvalue weighted by Crippen LogP contribution is 2.27. The molecule has 2 fully saturated rings. The average molecular weight is 414 g/mol. The van der Waals surface area contributed by atoms with E-state index in [0.29, 0.717) is 19.6 Å². The summed E-state index contributed by atoms with van der Waals surface area (Å²) in [6, 6.07) is 7.18. The van der Waals surface area contributed by atoms with Crippen LogP contribution in [0.25, 0.3) is 9.91 Å². The fraction of sp³-hybridized carbons (Fsp3) is 0.765. The Kier molecular flexibility index (Phi) is 8.57. The summed E-state index contributed by atoms with van der Waals surface area (Å²) in [5, 5.41) is 17.3. The fourth-order valence-electron chi connectivity index (χ4n) is 3.19. The molecule has 12 heteroatoms. The third kappa shape index (κ3) is 7.12. The molecule has 0 amide bonds. The summed E-state index contributed by atoms with van der Waals surface area (Å²) < 4.78 is 53.6. The normalized spacial score (nSPS) is 24.5. The van der Waals surface area contributed by atoms with Gasteiger partial charge in [0, 0.05) is 39.3 Å². The van der Waals surface area contributed by atoms with Gasteiger partial charge in [-0.3, -0.25) is 19.6 Å². The van der Waals surface area contributed by atoms with E-state index in [-0.39, 0.29) is 45.8 Å². The van der Waals surface area contributed by atoms with Gasteiger partial charge in [0.05, 0.1) is 25.2 Å². The highest BCUT2D eigenvalue weighted by Gasteiger charge is 2.46. The molecule has 0 aromatic heterocycles. The monoisotopic (exact) mass is 414 g/mol. The number of halogens is 4. The first-order valence-corrected chi connectivity index (χ1v) is 9.08. The molecule has 2 heterocycles. The molecule has 0 radical (unpaired) electrons. The van der Waals surface area contributed by atoms with Crippen LogP contribution >= 0.6 is 0 Å². The van der Waals surface area contributed by atoms with Crippen LogP contribution in [0.15, 0.2) is 0 Å². The summed E-state index contributed by atoms with van der Waals surface area (Å²) >= 11 is 0. The summed E-state index contributed by atoms with van der Waals surface area (Å²) in [5.74, 6) is 0. The molecular weight excluding hydrogens is 392 g/mol. The summed E-state index contributed by atoms with van der Waals surface area (Å²) in [6.45, 7) is 1.41. The topological polar surface area (TPSA) is 69.3 Å². The molecule has 0 saturated carbocycles. The largest absolute Gasteiger partial charge is 0.405 e. The van der Waals surface area contributed by atoms with Crippen molar-refractivity contribution in [3.8, 4) is 24.3 Å². The van der Waals surface area contributed by atoms with Crippen molar-refractivity contribution >= 4 is 0 Å². The Hall–Kier alpha value is -2.48. The van der Waals surface area contributed by atoms with E-state index in [1.807, 2.05) is 12.1 Å². The number of hydrogen-bond acceptors (Lipinski definition) is 6. The first-order chi connectivity index (χ1) is 13.8. The highest BCUT2D eigenvalue weighted by atomic mass is 19.4. The molecule has 2 aliphatic rings. The zero-order chi connectivity index (χ0) is 21.3. The van der Waals surface area contributed by atoms with E-state index in [2.05, 4.69) is 22.0 Å². The van der Waals surface area contributed by atoms with Crippen molar-refractivity contribution in [1.29, 1.82) is 10.5 Å². The minimum Gasteiger partial charge on any atom is -0.287 e. The smallest absolute Gasteiger partial charge is 0.287 e. The van der Waals surface area contributed by atoms with E-state index in [1.54, 1.807) is 4.90 Å². The number of hydrogen-bond donors (Lipinski definition) is 0. The van der Waals surface area contributed by atoms with Crippen molar-refractivity contribution in [3.63, 3.8) is 0 Å². The SMILES string of the molecule is N#CCN1CCN(CC#[N+][N+]#CCN2CCN(CC#N)C(F)C2)C(C(F)(F)F)C1. The van der Waals surface area contributed by atoms with Gasteiger partial charge in [-0.25, -0.2) is 4.39 Å². The zero-order valence-electron chi connectivity index (χ0n) is 15.8. The molecule has 0 spiro atoms. The van der Waals surface area contributed by atoms with Crippen LogP contribution in [0, 0.1) is 34.8 Å². The Bertz CT molecular complexity index is 750. The van der Waals surface area contributed by atoms with Crippen LogP contribution in [0.2, 0.25) is 0 Å². The molecule has 0 N–H and O–H groups in total. The van der Waals surface area contributed by atoms with Gasteiger partial charge in [0.15, 0.2) is 6.30 Å². The van der Waals surface area contributed by atoms with Gasteiger partial charge < -0.3 is 0 Å². The van der Waals surface area contributed by atoms with Crippen molar-refractivity contribution < 1.29 is 17.6 Å². The predicted octanol–water partition coefficient (Wildman–Crippen LogP) is 1.08. The van der Waals surface area contributed by atoms with E-state index < -0.39 is 18.5 Å². The highest BCUT2D eigenvalue weighted by molar-refractivity contribution is 5.02. The quantitative estimate of drug-likeness (QED) is 0.297. The molecule has 2 unspecified atom stereocenters. The molecule has 2 atom stereocenters. The summed E-state index contributed by atoms with van der Waals surface area (Å²) in [6.07, 6.45) is -5.65. The second-order valence-corrected chi connectivity index (χ2v) is 6.74. The standard InChI is InChI=1S/C17H22F4N8/c18-16-14-27(10-12-29(16)6-2-23)7-3-24-25-4-8-28-11-9-26(5-1-22)13-15(28)17(19,20)21/h15-16H,5-14H2/q+2. The second-order valence-electron chi connectivity index (χ2n) is 6.74. The van der Waals surface area contributed by atoms with Crippen molar-refractivity contribution in [2.45, 2.75) is 18.5 Å². The minimum atomic E-state index is -4.41. The van der Waals surface area contributed by atoms with Crippen molar-refractivity contribution in [3.05, 3.63) is 9.91 Å². The predicted molar refractivity (Wildman–Crippen MR) is 96.5 cm³/mol. The Balaban J connectivity index is 1.81. The molecule has 2 aliphatic heterocycles. The summed E-state index contributed by atoms with van der Waals surface area (Å²) in [7, 11) is 0. The van der Waals surface area contributed by atoms with Crippen molar-refractivity contribution in [2.75, 3.05) is 65.4 Å². The van der Waals surface area contributed by atoms with Crippen molar-refractivity contribution in [1.82, 2.24) is 19.6 Å². The Morgan fingerprint density at radius 2 is 1.38 bits per heavy atom. The molecule has 0 aromatic rings. The molecule has 0 bridgehead atoms. The molecule has 2 rings (SSSR count). The third-order valence-corrected chi connectivity index (χ3v) is 4.79. The van der Waals surface area contributed by atoms with Gasteiger partial charge in [-0.1, -0.05) is 0 Å². The molecule has 0 aliphatic carbocycles. The van der Waals surface area contributed by atoms with Crippen LogP contribution in [0.1, 0.15) is 0 Å². The van der Waals surface area contributed by atoms with Gasteiger partial charge in [0.1, 0.15) is 19.1 Å². The van der Waals surface area contributed by atoms with Crippen molar-refractivity contribution in [2.24, 2.45) is 0 Å². The van der Waals surface area contributed by atoms with E-state index in [9.17, 15) is 17.6 Å². The lowest BCUT2D eigenvalue weighted by molar-refractivity contribution is -0.194. The molecule has 2 saturated heterocycles. The van der Waals surface area contributed by atoms with Gasteiger partial charge in [0.25, 0.3) is 0 Å². The maximum atomic E-state index is 13.9. The van der Waals surface area contributed by atoms with Gasteiger partial charge in [-0.15, -0.1) is 0 Å². The van der Waals surface area contributed by atoms with Crippen LogP contribution in [-0.4, -0.2) is 104 Å². The van der Waals surface area contributed by atoms with Crippen LogP contribution in [0.3, 0.4) is 0 Å². The van der Waals surface area contributed by atoms with Gasteiger partial charge in [-0.05, 0) is 0 Å². The van der Waals surface area contributed by atoms with Gasteiger partial charge >= 0.3 is 28.2 Å². The zero-order valence-corrected chi connectivity index (χ0v) is 15.8. The van der Waals surface area contributed by atoms with Crippen LogP contribution < -0.4 is 0 Å². The maximum absolute atomic E-state index is 13.9. The lowest BCUT2D eigenvalue weighted by Crippen LogP contribution is -2.58. The Morgan fingerprint density at radius 1 is 0.793 bits per heavy atom. The van der Waals surface area contributed by atoms with Gasteiger partial charge in [0.2, 0.25) is 0 Å². The minimum absolute atomic E-state index is 0.0375. The van der Waals surface area contributed by atoms with Gasteiger partial charge in [-0.2, -0.15) is 23.7 Å². The third-order valence-electron chi connectivity index (χ3n) is 4.79. The van der Waals surface area contributed by atoms with E-state index in [0.717, 1.165) is 0 Å². The molecule has 29 heavy (non-hydrogen) atoms. The molecule has 0 aromatic carbocycles. The van der Waals surface area contributed by atoms with E-state index in [1.165, 1.54) is 14.7 Å². The average Bonchev–Trinajstić information content (AvgIpc) is 2.67. The lowest BCUT2D eigenvalue weighted by Gasteiger charge is -2.39. The number of piperazine rings is 2. The van der Waals surface area contributed by atoms with E-state index in [4.69, 9.17) is 10.5 Å². The Labute approximate surface area is 166 Å². The van der Waals surface area contributed by atoms with E-state index >= 15 is 0 Å². The molecule has 8 nitrogen and oxygen atoms in total.